The summed E-state index contributed by atoms with van der Waals surface area (Å²) in [7, 11) is 0. The van der Waals surface area contributed by atoms with E-state index < -0.39 is 4.92 Å². The number of anilines is 1. The molecule has 31 heavy (non-hydrogen) atoms. The van der Waals surface area contributed by atoms with Crippen molar-refractivity contribution in [2.24, 2.45) is 0 Å². The molecule has 1 N–H and O–H groups in total. The summed E-state index contributed by atoms with van der Waals surface area (Å²) in [6.45, 7) is 2.06. The molecular formula is C21H19N5O3S2. The summed E-state index contributed by atoms with van der Waals surface area (Å²) in [5, 5.41) is 21.6. The number of thiophene rings is 1. The number of aromatic nitrogens is 3. The van der Waals surface area contributed by atoms with Crippen LogP contribution in [0.4, 0.5) is 11.6 Å². The number of ketones is 1. The number of nitrogens with zero attached hydrogens (tertiary/aromatic N) is 4. The van der Waals surface area contributed by atoms with Crippen molar-refractivity contribution in [2.45, 2.75) is 43.1 Å². The van der Waals surface area contributed by atoms with Crippen molar-refractivity contribution >= 4 is 40.5 Å². The molecule has 1 atom stereocenters. The molecule has 0 spiro atoms. The van der Waals surface area contributed by atoms with Crippen LogP contribution in [0.1, 0.15) is 41.3 Å². The van der Waals surface area contributed by atoms with Gasteiger partial charge in [-0.05, 0) is 42.3 Å². The second-order valence-corrected chi connectivity index (χ2v) is 9.43. The van der Waals surface area contributed by atoms with Crippen LogP contribution in [0.25, 0.3) is 0 Å². The van der Waals surface area contributed by atoms with Gasteiger partial charge in [0, 0.05) is 40.5 Å². The molecule has 0 amide bonds. The second kappa shape index (κ2) is 7.93. The highest BCUT2D eigenvalue weighted by atomic mass is 32.2. The highest BCUT2D eigenvalue weighted by molar-refractivity contribution is 7.98. The predicted molar refractivity (Wildman–Crippen MR) is 119 cm³/mol. The van der Waals surface area contributed by atoms with Gasteiger partial charge in [-0.25, -0.2) is 4.68 Å². The Bertz CT molecular complexity index is 1210. The quantitative estimate of drug-likeness (QED) is 0.334. The smallest absolute Gasteiger partial charge is 0.269 e. The maximum atomic E-state index is 12.8. The number of hydrogen-bond acceptors (Lipinski definition) is 8. The van der Waals surface area contributed by atoms with Gasteiger partial charge in [-0.3, -0.25) is 14.9 Å². The number of nitrogens with one attached hydrogen (secondary N) is 1. The van der Waals surface area contributed by atoms with Crippen LogP contribution in [0.3, 0.4) is 0 Å². The minimum atomic E-state index is -0.406. The second-order valence-electron chi connectivity index (χ2n) is 7.54. The van der Waals surface area contributed by atoms with E-state index in [0.29, 0.717) is 23.3 Å². The van der Waals surface area contributed by atoms with Gasteiger partial charge in [0.1, 0.15) is 6.04 Å². The first kappa shape index (κ1) is 20.0. The highest BCUT2D eigenvalue weighted by Gasteiger charge is 2.38. The number of carbonyl (C=O) groups excluding carboxylic acids is 1. The number of nitro benzene ring substituents is 1. The fraction of sp³-hybridized carbons (Fsp3) is 0.286. The largest absolute Gasteiger partial charge is 0.328 e. The first-order valence-electron chi connectivity index (χ1n) is 9.91. The van der Waals surface area contributed by atoms with E-state index in [1.54, 1.807) is 23.5 Å². The van der Waals surface area contributed by atoms with Gasteiger partial charge < -0.3 is 5.32 Å². The SMILES string of the molecule is Cc1ccsc1[C@@H]1C2=C(CCCC2=O)Nc2nc(SCc3ccc([N+](=O)[O-])cc3)nn21. The summed E-state index contributed by atoms with van der Waals surface area (Å²) in [6.07, 6.45) is 2.24. The number of hydrogen-bond donors (Lipinski definition) is 1. The molecule has 2 aromatic heterocycles. The normalized spacial score (nSPS) is 17.8. The first-order valence-corrected chi connectivity index (χ1v) is 11.8. The Labute approximate surface area is 186 Å². The zero-order valence-electron chi connectivity index (χ0n) is 16.7. The Morgan fingerprint density at radius 2 is 2.10 bits per heavy atom. The average Bonchev–Trinajstić information content (AvgIpc) is 3.36. The zero-order valence-corrected chi connectivity index (χ0v) is 18.3. The minimum absolute atomic E-state index is 0.0732. The molecule has 0 fully saturated rings. The fourth-order valence-corrected chi connectivity index (χ4v) is 5.77. The van der Waals surface area contributed by atoms with Crippen molar-refractivity contribution in [1.82, 2.24) is 14.8 Å². The molecule has 3 aromatic rings. The Hall–Kier alpha value is -2.98. The summed E-state index contributed by atoms with van der Waals surface area (Å²) in [5.41, 5.74) is 3.93. The molecule has 3 heterocycles. The Morgan fingerprint density at radius 3 is 2.81 bits per heavy atom. The minimum Gasteiger partial charge on any atom is -0.328 e. The Balaban J connectivity index is 1.44. The molecule has 0 unspecified atom stereocenters. The van der Waals surface area contributed by atoms with Crippen LogP contribution in [0, 0.1) is 17.0 Å². The molecule has 10 heteroatoms. The molecule has 0 radical (unpaired) electrons. The van der Waals surface area contributed by atoms with Crippen molar-refractivity contribution in [3.8, 4) is 0 Å². The standard InChI is InChI=1S/C21H19N5O3S2/c1-12-9-10-30-19(12)18-17-15(3-2-4-16(17)27)22-20-23-21(24-25(18)20)31-11-13-5-7-14(8-6-13)26(28)29/h5-10,18H,2-4,11H2,1H3,(H,22,23,24)/t18-/m0/s1. The maximum absolute atomic E-state index is 12.8. The van der Waals surface area contributed by atoms with E-state index in [1.807, 2.05) is 10.1 Å². The van der Waals surface area contributed by atoms with Crippen LogP contribution in [0.2, 0.25) is 0 Å². The number of aryl methyl sites for hydroxylation is 1. The number of non-ortho nitro benzene ring substituents is 1. The van der Waals surface area contributed by atoms with Crippen molar-refractivity contribution < 1.29 is 9.72 Å². The lowest BCUT2D eigenvalue weighted by Crippen LogP contribution is -2.31. The summed E-state index contributed by atoms with van der Waals surface area (Å²) >= 11 is 3.10. The van der Waals surface area contributed by atoms with Gasteiger partial charge in [0.05, 0.1) is 4.92 Å². The van der Waals surface area contributed by atoms with E-state index in [2.05, 4.69) is 23.3 Å². The molecule has 5 rings (SSSR count). The molecule has 8 nitrogen and oxygen atoms in total. The Morgan fingerprint density at radius 1 is 1.29 bits per heavy atom. The van der Waals surface area contributed by atoms with Gasteiger partial charge >= 0.3 is 0 Å². The first-order chi connectivity index (χ1) is 15.0. The molecule has 158 valence electrons. The number of fused-ring (bicyclic) bond motifs is 1. The van der Waals surface area contributed by atoms with Crippen LogP contribution in [-0.2, 0) is 10.5 Å². The fourth-order valence-electron chi connectivity index (χ4n) is 3.97. The predicted octanol–water partition coefficient (Wildman–Crippen LogP) is 4.87. The van der Waals surface area contributed by atoms with Crippen LogP contribution in [0.5, 0.6) is 0 Å². The van der Waals surface area contributed by atoms with E-state index in [9.17, 15) is 14.9 Å². The van der Waals surface area contributed by atoms with Gasteiger partial charge in [-0.2, -0.15) is 4.98 Å². The third-order valence-electron chi connectivity index (χ3n) is 5.51. The lowest BCUT2D eigenvalue weighted by atomic mass is 9.87. The van der Waals surface area contributed by atoms with Crippen LogP contribution >= 0.6 is 23.1 Å². The van der Waals surface area contributed by atoms with E-state index in [-0.39, 0.29) is 17.5 Å². The number of allylic oxidation sites excluding steroid dienone is 2. The van der Waals surface area contributed by atoms with E-state index >= 15 is 0 Å². The summed E-state index contributed by atoms with van der Waals surface area (Å²) in [6, 6.07) is 8.31. The molecule has 1 aromatic carbocycles. The van der Waals surface area contributed by atoms with Gasteiger partial charge in [0.2, 0.25) is 11.1 Å². The average molecular weight is 454 g/mol. The summed E-state index contributed by atoms with van der Waals surface area (Å²) < 4.78 is 1.83. The van der Waals surface area contributed by atoms with Gasteiger partial charge in [-0.15, -0.1) is 16.4 Å². The molecule has 1 aliphatic carbocycles. The number of benzene rings is 1. The van der Waals surface area contributed by atoms with Crippen LogP contribution < -0.4 is 5.32 Å². The lowest BCUT2D eigenvalue weighted by Gasteiger charge is -2.31. The molecule has 0 saturated carbocycles. The van der Waals surface area contributed by atoms with Crippen molar-refractivity contribution in [1.29, 1.82) is 0 Å². The third-order valence-corrected chi connectivity index (χ3v) is 7.49. The zero-order chi connectivity index (χ0) is 21.5. The summed E-state index contributed by atoms with van der Waals surface area (Å²) in [5.74, 6) is 1.42. The van der Waals surface area contributed by atoms with E-state index in [4.69, 9.17) is 5.10 Å². The molecule has 2 aliphatic rings. The third kappa shape index (κ3) is 3.66. The van der Waals surface area contributed by atoms with Crippen molar-refractivity contribution in [3.63, 3.8) is 0 Å². The number of rotatable bonds is 5. The lowest BCUT2D eigenvalue weighted by molar-refractivity contribution is -0.384. The molecule has 0 saturated heterocycles. The van der Waals surface area contributed by atoms with Gasteiger partial charge in [0.15, 0.2) is 5.78 Å². The number of nitro groups is 1. The highest BCUT2D eigenvalue weighted by Crippen LogP contribution is 2.43. The van der Waals surface area contributed by atoms with Crippen molar-refractivity contribution in [2.75, 3.05) is 5.32 Å². The molecule has 0 bridgehead atoms. The number of carbonyl (C=O) groups is 1. The maximum Gasteiger partial charge on any atom is 0.269 e. The molecular weight excluding hydrogens is 434 g/mol. The number of thioether (sulfide) groups is 1. The number of Topliss-reactive ketones (excluding diaryl/α,β-unsaturated/α-hetero) is 1. The Kier molecular flexibility index (Phi) is 5.11. The van der Waals surface area contributed by atoms with Crippen molar-refractivity contribution in [3.05, 3.63) is 73.1 Å². The van der Waals surface area contributed by atoms with Crippen LogP contribution in [0.15, 0.2) is 52.1 Å². The van der Waals surface area contributed by atoms with Gasteiger partial charge in [0.25, 0.3) is 5.69 Å². The van der Waals surface area contributed by atoms with E-state index in [1.165, 1.54) is 23.9 Å². The molecule has 1 aliphatic heterocycles. The summed E-state index contributed by atoms with van der Waals surface area (Å²) in [4.78, 5) is 29.0. The van der Waals surface area contributed by atoms with E-state index in [0.717, 1.165) is 40.1 Å². The van der Waals surface area contributed by atoms with Crippen LogP contribution in [-0.4, -0.2) is 25.5 Å². The van der Waals surface area contributed by atoms with Gasteiger partial charge in [-0.1, -0.05) is 23.9 Å². The topological polar surface area (TPSA) is 103 Å². The monoisotopic (exact) mass is 453 g/mol.